The van der Waals surface area contributed by atoms with Gasteiger partial charge in [-0.3, -0.25) is 28.8 Å². The quantitative estimate of drug-likeness (QED) is 0.0820. The van der Waals surface area contributed by atoms with Crippen LogP contribution in [0.2, 0.25) is 0 Å². The van der Waals surface area contributed by atoms with Crippen molar-refractivity contribution in [2.24, 2.45) is 0 Å². The Balaban J connectivity index is -0.000000154. The molecule has 0 spiro atoms. The molecule has 0 aliphatic heterocycles. The number of rotatable bonds is 15. The van der Waals surface area contributed by atoms with Crippen LogP contribution in [0.25, 0.3) is 0 Å². The molecule has 0 aromatic heterocycles. The number of carbonyl (C=O) groups is 9. The minimum absolute atomic E-state index is 0. The van der Waals surface area contributed by atoms with Crippen LogP contribution in [0.1, 0.15) is 38.5 Å². The molecule has 0 aliphatic carbocycles. The van der Waals surface area contributed by atoms with Gasteiger partial charge in [0.05, 0.1) is 38.5 Å². The molecule has 0 saturated heterocycles. The summed E-state index contributed by atoms with van der Waals surface area (Å²) >= 11 is 0. The van der Waals surface area contributed by atoms with Crippen molar-refractivity contribution in [3.05, 3.63) is 0 Å². The van der Waals surface area contributed by atoms with E-state index in [1.807, 2.05) is 0 Å². The third-order valence-electron chi connectivity index (χ3n) is 3.86. The van der Waals surface area contributed by atoms with Crippen LogP contribution in [0.15, 0.2) is 0 Å². The standard InChI is InChI=1S/3C6H8O7.2H2O/c3*7-3(8)1-6(13,5(11)12)2-4(9)10;;/h3*13H,1-2H2,(H,7,8)(H,9,10)(H,11,12);2*1H2. The number of hydrogen-bond donors (Lipinski definition) is 12. The molecule has 23 heteroatoms. The van der Waals surface area contributed by atoms with Gasteiger partial charge in [-0.25, -0.2) is 14.4 Å². The first-order valence-corrected chi connectivity index (χ1v) is 9.51. The number of hydrogen-bond acceptors (Lipinski definition) is 12. The molecule has 0 radical (unpaired) electrons. The molecule has 41 heavy (non-hydrogen) atoms. The summed E-state index contributed by atoms with van der Waals surface area (Å²) in [6.07, 6.45) is -6.87. The lowest BCUT2D eigenvalue weighted by atomic mass is 9.96. The van der Waals surface area contributed by atoms with Gasteiger partial charge in [0, 0.05) is 0 Å². The largest absolute Gasteiger partial charge is 0.481 e. The minimum atomic E-state index is -2.74. The Hall–Kier alpha value is -4.97. The van der Waals surface area contributed by atoms with Crippen LogP contribution in [0, 0.1) is 0 Å². The SMILES string of the molecule is O.O.O=C(O)CC(O)(CC(=O)O)C(=O)O.O=C(O)CC(O)(CC(=O)O)C(=O)O.O=C(O)CC(O)(CC(=O)O)C(=O)O. The first kappa shape index (κ1) is 45.9. The van der Waals surface area contributed by atoms with Crippen molar-refractivity contribution in [1.82, 2.24) is 0 Å². The van der Waals surface area contributed by atoms with Crippen molar-refractivity contribution in [3.63, 3.8) is 0 Å². The third-order valence-corrected chi connectivity index (χ3v) is 3.86. The summed E-state index contributed by atoms with van der Waals surface area (Å²) in [6, 6.07) is 0. The fourth-order valence-electron chi connectivity index (χ4n) is 2.14. The average Bonchev–Trinajstić information content (AvgIpc) is 2.64. The maximum Gasteiger partial charge on any atom is 0.336 e. The van der Waals surface area contributed by atoms with Crippen molar-refractivity contribution in [1.29, 1.82) is 0 Å². The summed E-state index contributed by atoms with van der Waals surface area (Å²) in [5.74, 6) is -15.1. The van der Waals surface area contributed by atoms with E-state index in [1.54, 1.807) is 0 Å². The van der Waals surface area contributed by atoms with Crippen molar-refractivity contribution >= 4 is 53.7 Å². The molecule has 23 nitrogen and oxygen atoms in total. The maximum absolute atomic E-state index is 10.3. The zero-order valence-electron chi connectivity index (χ0n) is 20.3. The number of aliphatic carboxylic acids is 9. The predicted molar refractivity (Wildman–Crippen MR) is 119 cm³/mol. The highest BCUT2D eigenvalue weighted by Crippen LogP contribution is 2.17. The van der Waals surface area contributed by atoms with Crippen LogP contribution in [-0.4, -0.2) is 143 Å². The van der Waals surface area contributed by atoms with Crippen LogP contribution in [-0.2, 0) is 43.2 Å². The van der Waals surface area contributed by atoms with Crippen LogP contribution < -0.4 is 0 Å². The van der Waals surface area contributed by atoms with Gasteiger partial charge in [0.25, 0.3) is 0 Å². The van der Waals surface area contributed by atoms with Gasteiger partial charge < -0.3 is 72.2 Å². The Morgan fingerprint density at radius 1 is 0.317 bits per heavy atom. The van der Waals surface area contributed by atoms with Crippen molar-refractivity contribution in [2.75, 3.05) is 0 Å². The first-order valence-electron chi connectivity index (χ1n) is 9.51. The molecule has 238 valence electrons. The molecule has 0 amide bonds. The minimum Gasteiger partial charge on any atom is -0.481 e. The van der Waals surface area contributed by atoms with Gasteiger partial charge in [-0.15, -0.1) is 0 Å². The summed E-state index contributed by atoms with van der Waals surface area (Å²) in [5, 5.41) is 101. The zero-order valence-corrected chi connectivity index (χ0v) is 20.3. The lowest BCUT2D eigenvalue weighted by Gasteiger charge is -2.18. The number of aliphatic hydroxyl groups is 3. The Bertz CT molecular complexity index is 807. The molecule has 0 unspecified atom stereocenters. The van der Waals surface area contributed by atoms with E-state index in [4.69, 9.17) is 61.3 Å². The lowest BCUT2D eigenvalue weighted by molar-refractivity contribution is -0.170. The third kappa shape index (κ3) is 20.6. The second-order valence-corrected chi connectivity index (χ2v) is 7.43. The van der Waals surface area contributed by atoms with Gasteiger partial charge in [-0.05, 0) is 0 Å². The highest BCUT2D eigenvalue weighted by molar-refractivity contribution is 5.89. The summed E-state index contributed by atoms with van der Waals surface area (Å²) in [5.41, 5.74) is -8.22. The van der Waals surface area contributed by atoms with Crippen molar-refractivity contribution in [3.8, 4) is 0 Å². The molecule has 0 aromatic carbocycles. The van der Waals surface area contributed by atoms with Crippen molar-refractivity contribution in [2.45, 2.75) is 55.3 Å². The summed E-state index contributed by atoms with van der Waals surface area (Å²) in [4.78, 5) is 91.5. The highest BCUT2D eigenvalue weighted by atomic mass is 16.4. The number of carboxylic acid groups (broad SMARTS) is 9. The molecule has 16 N–H and O–H groups in total. The fraction of sp³-hybridized carbons (Fsp3) is 0.500. The second kappa shape index (κ2) is 19.1. The average molecular weight is 612 g/mol. The van der Waals surface area contributed by atoms with E-state index in [1.165, 1.54) is 0 Å². The van der Waals surface area contributed by atoms with Crippen LogP contribution in [0.5, 0.6) is 0 Å². The topological polar surface area (TPSA) is 459 Å². The predicted octanol–water partition coefficient (Wildman–Crippen LogP) is -5.39. The highest BCUT2D eigenvalue weighted by Gasteiger charge is 2.42. The maximum atomic E-state index is 10.3. The van der Waals surface area contributed by atoms with E-state index >= 15 is 0 Å². The van der Waals surface area contributed by atoms with Crippen LogP contribution in [0.3, 0.4) is 0 Å². The summed E-state index contributed by atoms with van der Waals surface area (Å²) < 4.78 is 0. The molecule has 0 aromatic rings. The molecule has 0 saturated carbocycles. The van der Waals surface area contributed by atoms with Gasteiger partial charge in [0.1, 0.15) is 0 Å². The summed E-state index contributed by atoms with van der Waals surface area (Å²) in [6.45, 7) is 0. The van der Waals surface area contributed by atoms with E-state index in [0.29, 0.717) is 0 Å². The zero-order chi connectivity index (χ0) is 31.9. The normalized spacial score (nSPS) is 10.3. The van der Waals surface area contributed by atoms with Crippen molar-refractivity contribution < 1.29 is 115 Å². The van der Waals surface area contributed by atoms with E-state index in [-0.39, 0.29) is 11.0 Å². The van der Waals surface area contributed by atoms with E-state index in [0.717, 1.165) is 0 Å². The van der Waals surface area contributed by atoms with E-state index in [2.05, 4.69) is 0 Å². The molecule has 0 bridgehead atoms. The van der Waals surface area contributed by atoms with Crippen LogP contribution >= 0.6 is 0 Å². The Kier molecular flexibility index (Phi) is 21.4. The molecular weight excluding hydrogens is 584 g/mol. The Morgan fingerprint density at radius 3 is 0.463 bits per heavy atom. The molecule has 0 rings (SSSR count). The van der Waals surface area contributed by atoms with Gasteiger partial charge >= 0.3 is 53.7 Å². The van der Waals surface area contributed by atoms with Gasteiger partial charge in [0.15, 0.2) is 16.8 Å². The number of carboxylic acids is 9. The summed E-state index contributed by atoms with van der Waals surface area (Å²) in [7, 11) is 0. The fourth-order valence-corrected chi connectivity index (χ4v) is 2.14. The smallest absolute Gasteiger partial charge is 0.336 e. The van der Waals surface area contributed by atoms with Crippen LogP contribution in [0.4, 0.5) is 0 Å². The van der Waals surface area contributed by atoms with Gasteiger partial charge in [0.2, 0.25) is 0 Å². The molecule has 0 atom stereocenters. The lowest BCUT2D eigenvalue weighted by Crippen LogP contribution is -2.42. The van der Waals surface area contributed by atoms with Gasteiger partial charge in [-0.1, -0.05) is 0 Å². The monoisotopic (exact) mass is 612 g/mol. The first-order chi connectivity index (χ1) is 17.3. The Morgan fingerprint density at radius 2 is 0.415 bits per heavy atom. The van der Waals surface area contributed by atoms with Gasteiger partial charge in [-0.2, -0.15) is 0 Å². The second-order valence-electron chi connectivity index (χ2n) is 7.43. The molecule has 0 aliphatic rings. The molecule has 0 heterocycles. The van der Waals surface area contributed by atoms with E-state index in [9.17, 15) is 43.2 Å². The Labute approximate surface area is 225 Å². The molecular formula is C18H28O23. The van der Waals surface area contributed by atoms with E-state index < -0.39 is 109 Å². The molecule has 0 fully saturated rings.